The van der Waals surface area contributed by atoms with E-state index in [1.54, 1.807) is 18.3 Å². The third-order valence-corrected chi connectivity index (χ3v) is 6.66. The van der Waals surface area contributed by atoms with Crippen molar-refractivity contribution in [2.24, 2.45) is 0 Å². The van der Waals surface area contributed by atoms with E-state index in [0.717, 1.165) is 24.3 Å². The van der Waals surface area contributed by atoms with Crippen LogP contribution in [-0.2, 0) is 16.4 Å². The number of hydrogen-bond acceptors (Lipinski definition) is 5. The maximum atomic E-state index is 12.2. The highest BCUT2D eigenvalue weighted by molar-refractivity contribution is 7.90. The minimum absolute atomic E-state index is 0.270. The van der Waals surface area contributed by atoms with Gasteiger partial charge in [-0.15, -0.1) is 11.3 Å². The summed E-state index contributed by atoms with van der Waals surface area (Å²) in [6.45, 7) is 6.16. The largest absolute Gasteiger partial charge is 0.313 e. The molecule has 1 aliphatic rings. The van der Waals surface area contributed by atoms with Crippen LogP contribution in [0, 0.1) is 0 Å². The zero-order valence-corrected chi connectivity index (χ0v) is 13.9. The average molecular weight is 317 g/mol. The first-order valence-corrected chi connectivity index (χ1v) is 9.47. The molecular formula is C13H23N3O2S2. The van der Waals surface area contributed by atoms with Crippen LogP contribution in [0.15, 0.2) is 6.20 Å². The van der Waals surface area contributed by atoms with E-state index in [4.69, 9.17) is 0 Å². The molecule has 0 aliphatic heterocycles. The van der Waals surface area contributed by atoms with Crippen LogP contribution < -0.4 is 10.0 Å². The average Bonchev–Trinajstić information content (AvgIpc) is 3.09. The molecule has 114 valence electrons. The van der Waals surface area contributed by atoms with Crippen molar-refractivity contribution in [3.05, 3.63) is 16.1 Å². The molecule has 1 heterocycles. The predicted octanol–water partition coefficient (Wildman–Crippen LogP) is 1.83. The molecule has 2 unspecified atom stereocenters. The molecule has 2 rings (SSSR count). The second-order valence-electron chi connectivity index (χ2n) is 5.40. The molecule has 1 saturated carbocycles. The third kappa shape index (κ3) is 4.25. The molecule has 2 atom stereocenters. The fourth-order valence-electron chi connectivity index (χ4n) is 1.83. The summed E-state index contributed by atoms with van der Waals surface area (Å²) >= 11 is 1.57. The molecule has 0 aromatic carbocycles. The van der Waals surface area contributed by atoms with Crippen molar-refractivity contribution in [3.63, 3.8) is 0 Å². The lowest BCUT2D eigenvalue weighted by Gasteiger charge is -2.17. The van der Waals surface area contributed by atoms with Crippen LogP contribution in [0.4, 0.5) is 0 Å². The second-order valence-corrected chi connectivity index (χ2v) is 8.67. The monoisotopic (exact) mass is 317 g/mol. The Kier molecular flexibility index (Phi) is 5.17. The van der Waals surface area contributed by atoms with Gasteiger partial charge in [0.2, 0.25) is 10.0 Å². The molecular weight excluding hydrogens is 294 g/mol. The molecule has 0 bridgehead atoms. The lowest BCUT2D eigenvalue weighted by atomic mass is 10.4. The number of hydrogen-bond donors (Lipinski definition) is 2. The van der Waals surface area contributed by atoms with E-state index < -0.39 is 15.3 Å². The Morgan fingerprint density at radius 1 is 1.45 bits per heavy atom. The zero-order chi connectivity index (χ0) is 14.8. The summed E-state index contributed by atoms with van der Waals surface area (Å²) in [6, 6.07) is 0.254. The smallest absolute Gasteiger partial charge is 0.216 e. The maximum Gasteiger partial charge on any atom is 0.216 e. The standard InChI is InChI=1S/C13H23N3O2S2/c1-4-12-8-15-13(19-12)10(3)16-20(17,18)9(2)7-14-11-5-6-11/h8-11,14,16H,4-7H2,1-3H3. The molecule has 2 N–H and O–H groups in total. The van der Waals surface area contributed by atoms with Crippen LogP contribution in [0.3, 0.4) is 0 Å². The number of thiazole rings is 1. The summed E-state index contributed by atoms with van der Waals surface area (Å²) in [5.74, 6) is 0. The topological polar surface area (TPSA) is 71.1 Å². The minimum Gasteiger partial charge on any atom is -0.313 e. The molecule has 1 fully saturated rings. The predicted molar refractivity (Wildman–Crippen MR) is 82.4 cm³/mol. The van der Waals surface area contributed by atoms with Crippen LogP contribution in [-0.4, -0.2) is 31.2 Å². The molecule has 1 aromatic heterocycles. The third-order valence-electron chi connectivity index (χ3n) is 3.43. The van der Waals surface area contributed by atoms with E-state index in [9.17, 15) is 8.42 Å². The van der Waals surface area contributed by atoms with Crippen molar-refractivity contribution in [2.45, 2.75) is 57.4 Å². The van der Waals surface area contributed by atoms with Gasteiger partial charge in [-0.25, -0.2) is 18.1 Å². The van der Waals surface area contributed by atoms with Crippen LogP contribution >= 0.6 is 11.3 Å². The molecule has 1 aromatic rings. The first kappa shape index (κ1) is 15.9. The van der Waals surface area contributed by atoms with E-state index >= 15 is 0 Å². The van der Waals surface area contributed by atoms with E-state index in [0.29, 0.717) is 12.6 Å². The molecule has 20 heavy (non-hydrogen) atoms. The second kappa shape index (κ2) is 6.51. The maximum absolute atomic E-state index is 12.2. The summed E-state index contributed by atoms with van der Waals surface area (Å²) < 4.78 is 27.2. The van der Waals surface area contributed by atoms with Crippen molar-refractivity contribution in [3.8, 4) is 0 Å². The van der Waals surface area contributed by atoms with Crippen LogP contribution in [0.25, 0.3) is 0 Å². The SMILES string of the molecule is CCc1cnc(C(C)NS(=O)(=O)C(C)CNC2CC2)s1. The lowest BCUT2D eigenvalue weighted by Crippen LogP contribution is -2.40. The van der Waals surface area contributed by atoms with Crippen molar-refractivity contribution < 1.29 is 8.42 Å². The van der Waals surface area contributed by atoms with Crippen LogP contribution in [0.1, 0.15) is 49.5 Å². The molecule has 1 aliphatic carbocycles. The van der Waals surface area contributed by atoms with Gasteiger partial charge in [0.15, 0.2) is 0 Å². The van der Waals surface area contributed by atoms with Gasteiger partial charge in [-0.05, 0) is 33.1 Å². The van der Waals surface area contributed by atoms with Gasteiger partial charge in [0.05, 0.1) is 11.3 Å². The Hall–Kier alpha value is -0.500. The molecule has 0 spiro atoms. The van der Waals surface area contributed by atoms with Crippen molar-refractivity contribution in [2.75, 3.05) is 6.54 Å². The number of aryl methyl sites for hydroxylation is 1. The lowest BCUT2D eigenvalue weighted by molar-refractivity contribution is 0.544. The van der Waals surface area contributed by atoms with E-state index in [-0.39, 0.29) is 6.04 Å². The highest BCUT2D eigenvalue weighted by atomic mass is 32.2. The Bertz CT molecular complexity index is 538. The highest BCUT2D eigenvalue weighted by Crippen LogP contribution is 2.22. The van der Waals surface area contributed by atoms with Gasteiger partial charge in [0.1, 0.15) is 5.01 Å². The summed E-state index contributed by atoms with van der Waals surface area (Å²) in [6.07, 6.45) is 5.08. The number of aromatic nitrogens is 1. The summed E-state index contributed by atoms with van der Waals surface area (Å²) in [7, 11) is -3.32. The van der Waals surface area contributed by atoms with E-state index in [1.807, 2.05) is 13.1 Å². The van der Waals surface area contributed by atoms with Gasteiger partial charge in [-0.2, -0.15) is 0 Å². The first-order chi connectivity index (χ1) is 9.42. The van der Waals surface area contributed by atoms with Gasteiger partial charge in [0.25, 0.3) is 0 Å². The van der Waals surface area contributed by atoms with Gasteiger partial charge < -0.3 is 5.32 Å². The van der Waals surface area contributed by atoms with Crippen LogP contribution in [0.5, 0.6) is 0 Å². The highest BCUT2D eigenvalue weighted by Gasteiger charge is 2.27. The molecule has 0 amide bonds. The quantitative estimate of drug-likeness (QED) is 0.767. The fraction of sp³-hybridized carbons (Fsp3) is 0.769. The number of nitrogens with zero attached hydrogens (tertiary/aromatic N) is 1. The first-order valence-electron chi connectivity index (χ1n) is 7.11. The normalized spacial score (nSPS) is 18.9. The van der Waals surface area contributed by atoms with Gasteiger partial charge >= 0.3 is 0 Å². The summed E-state index contributed by atoms with van der Waals surface area (Å²) in [5.41, 5.74) is 0. The van der Waals surface area contributed by atoms with Crippen LogP contribution in [0.2, 0.25) is 0 Å². The van der Waals surface area contributed by atoms with Crippen molar-refractivity contribution in [1.82, 2.24) is 15.0 Å². The van der Waals surface area contributed by atoms with E-state index in [2.05, 4.69) is 21.9 Å². The van der Waals surface area contributed by atoms with Gasteiger partial charge in [-0.3, -0.25) is 0 Å². The fourth-order valence-corrected chi connectivity index (χ4v) is 3.92. The summed E-state index contributed by atoms with van der Waals surface area (Å²) in [4.78, 5) is 5.47. The molecule has 0 radical (unpaired) electrons. The Morgan fingerprint density at radius 3 is 2.70 bits per heavy atom. The van der Waals surface area contributed by atoms with Gasteiger partial charge in [-0.1, -0.05) is 6.92 Å². The van der Waals surface area contributed by atoms with Gasteiger partial charge in [0, 0.05) is 23.7 Å². The molecule has 7 heteroatoms. The molecule has 0 saturated heterocycles. The van der Waals surface area contributed by atoms with E-state index in [1.165, 1.54) is 4.88 Å². The van der Waals surface area contributed by atoms with Crippen molar-refractivity contribution in [1.29, 1.82) is 0 Å². The minimum atomic E-state index is -3.32. The summed E-state index contributed by atoms with van der Waals surface area (Å²) in [5, 5.41) is 3.65. The zero-order valence-electron chi connectivity index (χ0n) is 12.2. The Balaban J connectivity index is 1.91. The molecule has 5 nitrogen and oxygen atoms in total. The number of nitrogens with one attached hydrogen (secondary N) is 2. The van der Waals surface area contributed by atoms with Crippen molar-refractivity contribution >= 4 is 21.4 Å². The number of rotatable bonds is 8. The number of sulfonamides is 1. The Labute approximate surface area is 125 Å². The Morgan fingerprint density at radius 2 is 2.15 bits per heavy atom.